The lowest BCUT2D eigenvalue weighted by Gasteiger charge is -2.33. The fourth-order valence-corrected chi connectivity index (χ4v) is 6.93. The minimum Gasteiger partial charge on any atom is -0.380 e. The highest BCUT2D eigenvalue weighted by molar-refractivity contribution is 8.05. The first-order valence-electron chi connectivity index (χ1n) is 10.9. The van der Waals surface area contributed by atoms with E-state index < -0.39 is 6.23 Å². The third-order valence-electron chi connectivity index (χ3n) is 5.69. The second-order valence-electron chi connectivity index (χ2n) is 7.99. The van der Waals surface area contributed by atoms with Crippen LogP contribution in [0.25, 0.3) is 5.70 Å². The molecule has 2 aromatic rings. The predicted octanol–water partition coefficient (Wildman–Crippen LogP) is 5.04. The lowest BCUT2D eigenvalue weighted by Crippen LogP contribution is -2.38. The number of aliphatic hydroxyl groups excluding tert-OH is 1. The summed E-state index contributed by atoms with van der Waals surface area (Å²) in [6, 6.07) is 12.8. The summed E-state index contributed by atoms with van der Waals surface area (Å²) in [5.74, 6) is 0.924. The van der Waals surface area contributed by atoms with E-state index in [9.17, 15) is 5.11 Å². The highest BCUT2D eigenvalue weighted by Crippen LogP contribution is 2.51. The topological polar surface area (TPSA) is 56.8 Å². The second-order valence-corrected chi connectivity index (χ2v) is 10.7. The van der Waals surface area contributed by atoms with E-state index in [1.54, 1.807) is 23.5 Å². The van der Waals surface area contributed by atoms with E-state index >= 15 is 0 Å². The summed E-state index contributed by atoms with van der Waals surface area (Å²) >= 11 is 15.5. The number of alkyl halides is 2. The third-order valence-corrected chi connectivity index (χ3v) is 9.03. The van der Waals surface area contributed by atoms with Gasteiger partial charge in [-0.25, -0.2) is 0 Å². The molecule has 174 valence electrons. The Balaban J connectivity index is 1.42. The molecule has 1 atom stereocenters. The zero-order valence-electron chi connectivity index (χ0n) is 17.9. The SMILES string of the molecule is OC1C=C(N2CCOCC2)C=C(c2cccc3c2Sc2ccc(NC(CCl)CCl)cc2S3)N1. The Morgan fingerprint density at radius 3 is 2.70 bits per heavy atom. The molecule has 0 radical (unpaired) electrons. The summed E-state index contributed by atoms with van der Waals surface area (Å²) in [6.07, 6.45) is 3.28. The summed E-state index contributed by atoms with van der Waals surface area (Å²) in [4.78, 5) is 7.08. The molecule has 33 heavy (non-hydrogen) atoms. The quantitative estimate of drug-likeness (QED) is 0.393. The number of ether oxygens (including phenoxy) is 1. The number of rotatable bonds is 6. The fourth-order valence-electron chi connectivity index (χ4n) is 4.03. The van der Waals surface area contributed by atoms with Crippen LogP contribution in [-0.2, 0) is 4.74 Å². The van der Waals surface area contributed by atoms with Crippen molar-refractivity contribution in [2.45, 2.75) is 31.9 Å². The van der Waals surface area contributed by atoms with Gasteiger partial charge in [-0.1, -0.05) is 35.7 Å². The summed E-state index contributed by atoms with van der Waals surface area (Å²) in [5.41, 5.74) is 4.09. The maximum absolute atomic E-state index is 10.5. The summed E-state index contributed by atoms with van der Waals surface area (Å²) in [7, 11) is 0. The van der Waals surface area contributed by atoms with Gasteiger partial charge in [-0.3, -0.25) is 0 Å². The van der Waals surface area contributed by atoms with Gasteiger partial charge in [0.25, 0.3) is 0 Å². The van der Waals surface area contributed by atoms with E-state index in [-0.39, 0.29) is 6.04 Å². The van der Waals surface area contributed by atoms with Crippen molar-refractivity contribution in [2.75, 3.05) is 43.4 Å². The minimum absolute atomic E-state index is 0.0379. The van der Waals surface area contributed by atoms with E-state index in [0.717, 1.165) is 35.7 Å². The molecule has 9 heteroatoms. The monoisotopic (exact) mass is 521 g/mol. The molecule has 3 aliphatic heterocycles. The molecule has 0 aromatic heterocycles. The molecule has 2 aromatic carbocycles. The average Bonchev–Trinajstić information content (AvgIpc) is 2.85. The van der Waals surface area contributed by atoms with Crippen molar-refractivity contribution >= 4 is 58.1 Å². The van der Waals surface area contributed by atoms with Crippen LogP contribution in [0.3, 0.4) is 0 Å². The summed E-state index contributed by atoms with van der Waals surface area (Å²) in [5, 5.41) is 17.2. The van der Waals surface area contributed by atoms with E-state index in [4.69, 9.17) is 27.9 Å². The number of dihydropyridines is 1. The molecule has 0 spiro atoms. The van der Waals surface area contributed by atoms with Crippen LogP contribution in [0.2, 0.25) is 0 Å². The Hall–Kier alpha value is -1.48. The molecule has 1 fully saturated rings. The molecule has 3 N–H and O–H groups in total. The third kappa shape index (κ3) is 5.14. The number of aliphatic hydroxyl groups is 1. The Morgan fingerprint density at radius 1 is 1.09 bits per heavy atom. The van der Waals surface area contributed by atoms with E-state index in [1.807, 2.05) is 6.08 Å². The van der Waals surface area contributed by atoms with Gasteiger partial charge in [-0.05, 0) is 36.4 Å². The number of nitrogens with zero attached hydrogens (tertiary/aromatic N) is 1. The molecule has 0 aliphatic carbocycles. The number of morpholine rings is 1. The Morgan fingerprint density at radius 2 is 1.91 bits per heavy atom. The van der Waals surface area contributed by atoms with Crippen LogP contribution in [0.4, 0.5) is 5.69 Å². The minimum atomic E-state index is -0.724. The van der Waals surface area contributed by atoms with Crippen LogP contribution in [0.5, 0.6) is 0 Å². The number of benzene rings is 2. The molecular weight excluding hydrogens is 497 g/mol. The lowest BCUT2D eigenvalue weighted by atomic mass is 10.1. The molecule has 5 rings (SSSR count). The molecule has 3 aliphatic rings. The van der Waals surface area contributed by atoms with Crippen LogP contribution < -0.4 is 10.6 Å². The van der Waals surface area contributed by atoms with Crippen molar-refractivity contribution in [3.05, 3.63) is 59.8 Å². The van der Waals surface area contributed by atoms with Crippen LogP contribution in [0, 0.1) is 0 Å². The zero-order chi connectivity index (χ0) is 22.8. The maximum Gasteiger partial charge on any atom is 0.146 e. The van der Waals surface area contributed by atoms with Gasteiger partial charge in [0.05, 0.1) is 19.3 Å². The fraction of sp³-hybridized carbons (Fsp3) is 0.333. The van der Waals surface area contributed by atoms with E-state index in [2.05, 4.69) is 58.0 Å². The Kier molecular flexibility index (Phi) is 7.35. The van der Waals surface area contributed by atoms with Crippen LogP contribution in [0.1, 0.15) is 5.56 Å². The molecule has 1 unspecified atom stereocenters. The van der Waals surface area contributed by atoms with E-state index in [1.165, 1.54) is 19.6 Å². The summed E-state index contributed by atoms with van der Waals surface area (Å²) in [6.45, 7) is 3.08. The molecule has 3 heterocycles. The highest BCUT2D eigenvalue weighted by Gasteiger charge is 2.25. The summed E-state index contributed by atoms with van der Waals surface area (Å²) < 4.78 is 5.49. The normalized spacial score (nSPS) is 19.9. The lowest BCUT2D eigenvalue weighted by molar-refractivity contribution is 0.0541. The molecular formula is C24H25Cl2N3O2S2. The van der Waals surface area contributed by atoms with E-state index in [0.29, 0.717) is 25.0 Å². The largest absolute Gasteiger partial charge is 0.380 e. The maximum atomic E-state index is 10.5. The Labute approximate surface area is 212 Å². The second kappa shape index (κ2) is 10.4. The number of fused-ring (bicyclic) bond motifs is 2. The van der Waals surface area contributed by atoms with Gasteiger partial charge in [-0.15, -0.1) is 23.2 Å². The van der Waals surface area contributed by atoms with Gasteiger partial charge >= 0.3 is 0 Å². The number of halogens is 2. The molecule has 0 amide bonds. The van der Waals surface area contributed by atoms with Crippen molar-refractivity contribution in [2.24, 2.45) is 0 Å². The number of nitrogens with one attached hydrogen (secondary N) is 2. The van der Waals surface area contributed by atoms with Gasteiger partial charge < -0.3 is 25.4 Å². The van der Waals surface area contributed by atoms with Gasteiger partial charge in [-0.2, -0.15) is 0 Å². The van der Waals surface area contributed by atoms with Crippen molar-refractivity contribution < 1.29 is 9.84 Å². The number of hydrogen-bond donors (Lipinski definition) is 3. The average molecular weight is 523 g/mol. The molecule has 1 saturated heterocycles. The van der Waals surface area contributed by atoms with Crippen LogP contribution in [-0.4, -0.2) is 60.3 Å². The first-order chi connectivity index (χ1) is 16.1. The van der Waals surface area contributed by atoms with Gasteiger partial charge in [0.15, 0.2) is 0 Å². The number of hydrogen-bond acceptors (Lipinski definition) is 7. The van der Waals surface area contributed by atoms with Crippen molar-refractivity contribution in [3.8, 4) is 0 Å². The number of anilines is 1. The van der Waals surface area contributed by atoms with Crippen LogP contribution in [0.15, 0.2) is 73.8 Å². The molecule has 5 nitrogen and oxygen atoms in total. The highest BCUT2D eigenvalue weighted by atomic mass is 35.5. The standard InChI is InChI=1S/C24H25Cl2N3O2S2/c25-13-16(14-26)27-15-4-5-20-22(10-15)32-21-3-1-2-18(24(21)33-20)19-11-17(12-23(30)28-19)29-6-8-31-9-7-29/h1-5,10-12,16,23,27-28,30H,6-9,13-14H2. The first-order valence-corrected chi connectivity index (χ1v) is 13.6. The van der Waals surface area contributed by atoms with Crippen molar-refractivity contribution in [3.63, 3.8) is 0 Å². The van der Waals surface area contributed by atoms with Gasteiger partial charge in [0.1, 0.15) is 6.23 Å². The molecule has 0 saturated carbocycles. The molecule has 0 bridgehead atoms. The van der Waals surface area contributed by atoms with Crippen LogP contribution >= 0.6 is 46.7 Å². The first kappa shape index (κ1) is 23.3. The zero-order valence-corrected chi connectivity index (χ0v) is 21.0. The van der Waals surface area contributed by atoms with Gasteiger partial charge in [0.2, 0.25) is 0 Å². The smallest absolute Gasteiger partial charge is 0.146 e. The Bertz CT molecular complexity index is 1090. The predicted molar refractivity (Wildman–Crippen MR) is 138 cm³/mol. The van der Waals surface area contributed by atoms with Crippen molar-refractivity contribution in [1.82, 2.24) is 10.2 Å². The number of allylic oxidation sites excluding steroid dienone is 1. The van der Waals surface area contributed by atoms with Gasteiger partial charge in [0, 0.05) is 67.1 Å². The van der Waals surface area contributed by atoms with Crippen molar-refractivity contribution in [1.29, 1.82) is 0 Å².